The highest BCUT2D eigenvalue weighted by molar-refractivity contribution is 7.21. The van der Waals surface area contributed by atoms with Crippen molar-refractivity contribution in [2.75, 3.05) is 20.7 Å². The number of amides is 1. The molecule has 47 heavy (non-hydrogen) atoms. The molecular formula is C33H30ClF5N2O5S. The van der Waals surface area contributed by atoms with E-state index in [9.17, 15) is 37.1 Å². The van der Waals surface area contributed by atoms with E-state index in [2.05, 4.69) is 5.32 Å². The predicted octanol–water partition coefficient (Wildman–Crippen LogP) is 7.79. The summed E-state index contributed by atoms with van der Waals surface area (Å²) < 4.78 is 76.0. The second-order valence-corrected chi connectivity index (χ2v) is 13.3. The number of nitrogens with zero attached hydrogens (tertiary/aromatic N) is 1. The molecule has 0 bridgehead atoms. The standard InChI is InChI=1S/C33H30ClF5N2O5S/c1-41(30(44)45)22-12-10-21(11-13-22)40-17-31(34)15-23(18-6-8-19(9-7-18)29(43)33(37,38)39)24(16-32(31,36)46-2)27(42)26-14-20-4-3-5-25(35)28(20)47-26/h3-9,14-16,21-22,40H,10-13,17H2,1-2H3,(H,44,45). The van der Waals surface area contributed by atoms with E-state index in [4.69, 9.17) is 16.3 Å². The molecule has 14 heteroatoms. The Morgan fingerprint density at radius 2 is 1.74 bits per heavy atom. The van der Waals surface area contributed by atoms with Crippen LogP contribution in [0.5, 0.6) is 0 Å². The molecule has 0 aliphatic heterocycles. The van der Waals surface area contributed by atoms with Crippen molar-refractivity contribution in [1.82, 2.24) is 10.2 Å². The number of rotatable bonds is 9. The monoisotopic (exact) mass is 696 g/mol. The first kappa shape index (κ1) is 34.7. The second-order valence-electron chi connectivity index (χ2n) is 11.6. The van der Waals surface area contributed by atoms with Gasteiger partial charge in [0, 0.05) is 43.9 Å². The number of fused-ring (bicyclic) bond motifs is 1. The molecule has 7 nitrogen and oxygen atoms in total. The van der Waals surface area contributed by atoms with E-state index in [1.165, 1.54) is 48.4 Å². The third-order valence-corrected chi connectivity index (χ3v) is 10.4. The fraction of sp³-hybridized carbons (Fsp3) is 0.364. The maximum Gasteiger partial charge on any atom is 0.454 e. The molecule has 1 saturated carbocycles. The molecule has 0 spiro atoms. The second kappa shape index (κ2) is 13.1. The lowest BCUT2D eigenvalue weighted by Gasteiger charge is -2.41. The van der Waals surface area contributed by atoms with Gasteiger partial charge in [0.2, 0.25) is 5.78 Å². The number of carbonyl (C=O) groups is 3. The Hall–Kier alpha value is -3.65. The smallest absolute Gasteiger partial charge is 0.454 e. The van der Waals surface area contributed by atoms with Crippen LogP contribution in [0.3, 0.4) is 0 Å². The minimum absolute atomic E-state index is 0.0767. The minimum atomic E-state index is -5.10. The highest BCUT2D eigenvalue weighted by Gasteiger charge is 2.53. The normalized spacial score (nSPS) is 24.9. The van der Waals surface area contributed by atoms with Crippen molar-refractivity contribution in [2.24, 2.45) is 0 Å². The molecule has 1 heterocycles. The average Bonchev–Trinajstić information content (AvgIpc) is 3.50. The summed E-state index contributed by atoms with van der Waals surface area (Å²) in [5.41, 5.74) is -0.595. The number of allylic oxidation sites excluding steroid dienone is 2. The zero-order valence-electron chi connectivity index (χ0n) is 25.2. The van der Waals surface area contributed by atoms with E-state index < -0.39 is 45.9 Å². The van der Waals surface area contributed by atoms with Gasteiger partial charge < -0.3 is 20.1 Å². The number of benzene rings is 2. The highest BCUT2D eigenvalue weighted by Crippen LogP contribution is 2.47. The molecule has 1 aromatic heterocycles. The molecule has 2 aliphatic rings. The molecule has 2 unspecified atom stereocenters. The number of carbonyl (C=O) groups excluding carboxylic acids is 2. The van der Waals surface area contributed by atoms with Crippen LogP contribution >= 0.6 is 22.9 Å². The van der Waals surface area contributed by atoms with Gasteiger partial charge in [0.25, 0.3) is 11.6 Å². The lowest BCUT2D eigenvalue weighted by molar-refractivity contribution is -0.100. The summed E-state index contributed by atoms with van der Waals surface area (Å²) in [5, 5.41) is 13.0. The van der Waals surface area contributed by atoms with E-state index in [1.807, 2.05) is 0 Å². The summed E-state index contributed by atoms with van der Waals surface area (Å²) in [6, 6.07) is 9.82. The van der Waals surface area contributed by atoms with Crippen molar-refractivity contribution in [3.8, 4) is 0 Å². The summed E-state index contributed by atoms with van der Waals surface area (Å²) in [4.78, 5) is 36.5. The van der Waals surface area contributed by atoms with Crippen molar-refractivity contribution >= 4 is 56.3 Å². The van der Waals surface area contributed by atoms with Crippen LogP contribution in [0.15, 0.2) is 66.3 Å². The van der Waals surface area contributed by atoms with E-state index in [0.717, 1.165) is 36.7 Å². The van der Waals surface area contributed by atoms with E-state index in [-0.39, 0.29) is 44.9 Å². The number of nitrogens with one attached hydrogen (secondary N) is 1. The number of ether oxygens (including phenoxy) is 1. The molecule has 5 rings (SSSR count). The van der Waals surface area contributed by atoms with Gasteiger partial charge in [-0.1, -0.05) is 36.4 Å². The Balaban J connectivity index is 1.51. The first-order chi connectivity index (χ1) is 22.1. The predicted molar refractivity (Wildman–Crippen MR) is 168 cm³/mol. The SMILES string of the molecule is COC1(F)C=C(C(=O)c2cc3cccc(F)c3s2)C(c2ccc(C(=O)C(F)(F)F)cc2)=CC1(Cl)CNC1CCC(N(C)C(=O)O)CC1. The Labute approximate surface area is 275 Å². The van der Waals surface area contributed by atoms with Crippen LogP contribution in [0.1, 0.15) is 51.3 Å². The van der Waals surface area contributed by atoms with Crippen LogP contribution < -0.4 is 5.32 Å². The number of ketones is 2. The largest absolute Gasteiger partial charge is 0.465 e. The molecule has 250 valence electrons. The van der Waals surface area contributed by atoms with Gasteiger partial charge in [-0.25, -0.2) is 13.6 Å². The van der Waals surface area contributed by atoms with Gasteiger partial charge in [0.1, 0.15) is 10.7 Å². The number of carboxylic acid groups (broad SMARTS) is 1. The van der Waals surface area contributed by atoms with Gasteiger partial charge in [-0.3, -0.25) is 9.59 Å². The van der Waals surface area contributed by atoms with Crippen molar-refractivity contribution < 1.29 is 46.2 Å². The number of halogens is 6. The van der Waals surface area contributed by atoms with Crippen molar-refractivity contribution in [1.29, 1.82) is 0 Å². The maximum atomic E-state index is 16.8. The lowest BCUT2D eigenvalue weighted by Crippen LogP contribution is -2.55. The van der Waals surface area contributed by atoms with Gasteiger partial charge in [0.05, 0.1) is 9.58 Å². The first-order valence-electron chi connectivity index (χ1n) is 14.6. The van der Waals surface area contributed by atoms with Gasteiger partial charge in [0.15, 0.2) is 0 Å². The molecule has 2 aliphatic carbocycles. The number of hydrogen-bond acceptors (Lipinski definition) is 6. The van der Waals surface area contributed by atoms with Crippen LogP contribution in [0, 0.1) is 5.82 Å². The third-order valence-electron chi connectivity index (χ3n) is 8.73. The molecule has 0 saturated heterocycles. The van der Waals surface area contributed by atoms with Crippen LogP contribution in [-0.4, -0.2) is 77.4 Å². The summed E-state index contributed by atoms with van der Waals surface area (Å²) in [5.74, 6) is -6.05. The summed E-state index contributed by atoms with van der Waals surface area (Å²) in [6.07, 6.45) is -1.64. The van der Waals surface area contributed by atoms with Crippen molar-refractivity contribution in [3.63, 3.8) is 0 Å². The summed E-state index contributed by atoms with van der Waals surface area (Å²) in [7, 11) is 2.58. The number of thiophene rings is 1. The fourth-order valence-electron chi connectivity index (χ4n) is 5.97. The lowest BCUT2D eigenvalue weighted by atomic mass is 9.80. The molecule has 3 aromatic rings. The summed E-state index contributed by atoms with van der Waals surface area (Å²) in [6.45, 7) is -0.205. The average molecular weight is 697 g/mol. The maximum absolute atomic E-state index is 16.8. The summed E-state index contributed by atoms with van der Waals surface area (Å²) >= 11 is 7.84. The number of Topliss-reactive ketones (excluding diaryl/α,β-unsaturated/α-hetero) is 2. The van der Waals surface area contributed by atoms with Gasteiger partial charge in [-0.05, 0) is 66.5 Å². The quantitative estimate of drug-likeness (QED) is 0.135. The Kier molecular flexibility index (Phi) is 9.66. The van der Waals surface area contributed by atoms with Gasteiger partial charge in [-0.2, -0.15) is 13.2 Å². The van der Waals surface area contributed by atoms with Crippen LogP contribution in [0.25, 0.3) is 15.7 Å². The number of methoxy groups -OCH3 is 1. The molecule has 2 aromatic carbocycles. The molecule has 2 atom stereocenters. The Morgan fingerprint density at radius 3 is 2.32 bits per heavy atom. The van der Waals surface area contributed by atoms with Crippen LogP contribution in [-0.2, 0) is 4.74 Å². The van der Waals surface area contributed by atoms with E-state index in [1.54, 1.807) is 6.07 Å². The topological polar surface area (TPSA) is 95.9 Å². The highest BCUT2D eigenvalue weighted by atomic mass is 35.5. The fourth-order valence-corrected chi connectivity index (χ4v) is 7.31. The zero-order valence-corrected chi connectivity index (χ0v) is 26.7. The molecule has 0 radical (unpaired) electrons. The Morgan fingerprint density at radius 1 is 1.09 bits per heavy atom. The molecule has 2 N–H and O–H groups in total. The van der Waals surface area contributed by atoms with Crippen molar-refractivity contribution in [3.05, 3.63) is 88.1 Å². The molecule has 1 fully saturated rings. The van der Waals surface area contributed by atoms with E-state index >= 15 is 4.39 Å². The molecular weight excluding hydrogens is 667 g/mol. The number of alkyl halides is 5. The third kappa shape index (κ3) is 6.85. The van der Waals surface area contributed by atoms with Gasteiger partial charge in [-0.15, -0.1) is 22.9 Å². The zero-order chi connectivity index (χ0) is 34.3. The van der Waals surface area contributed by atoms with E-state index in [0.29, 0.717) is 31.1 Å². The minimum Gasteiger partial charge on any atom is -0.465 e. The first-order valence-corrected chi connectivity index (χ1v) is 15.8. The molecule has 1 amide bonds. The van der Waals surface area contributed by atoms with Gasteiger partial charge >= 0.3 is 12.3 Å². The number of hydrogen-bond donors (Lipinski definition) is 2. The Bertz CT molecular complexity index is 1770. The van der Waals surface area contributed by atoms with Crippen molar-refractivity contribution in [2.45, 2.75) is 54.7 Å². The van der Waals surface area contributed by atoms with Crippen LogP contribution in [0.2, 0.25) is 0 Å². The van der Waals surface area contributed by atoms with Crippen LogP contribution in [0.4, 0.5) is 26.7 Å².